The fraction of sp³-hybridized carbons (Fsp3) is 0.583. The molecule has 1 saturated carbocycles. The normalized spacial score (nSPS) is 16.1. The Kier molecular flexibility index (Phi) is 4.49. The molecule has 6 nitrogen and oxygen atoms in total. The zero-order chi connectivity index (χ0) is 13.8. The average Bonchev–Trinajstić information content (AvgIpc) is 3.03. The van der Waals surface area contributed by atoms with Gasteiger partial charge in [0, 0.05) is 5.38 Å². The molecule has 104 valence electrons. The van der Waals surface area contributed by atoms with Crippen LogP contribution >= 0.6 is 11.3 Å². The van der Waals surface area contributed by atoms with Gasteiger partial charge < -0.3 is 15.7 Å². The third kappa shape index (κ3) is 4.29. The number of amides is 1. The predicted octanol–water partition coefficient (Wildman–Crippen LogP) is 1.02. The molecule has 1 unspecified atom stereocenters. The first-order valence-corrected chi connectivity index (χ1v) is 7.13. The fourth-order valence-electron chi connectivity index (χ4n) is 1.65. The summed E-state index contributed by atoms with van der Waals surface area (Å²) in [6, 6.07) is -0.270. The summed E-state index contributed by atoms with van der Waals surface area (Å²) in [7, 11) is 0. The standard InChI is InChI=1S/C12H17N3O3S/c1-7(11-15-9(6-19-11)12(17)18)14-10(16)5-13-4-8-2-3-8/h6-8,13H,2-5H2,1H3,(H,14,16)(H,17,18). The minimum Gasteiger partial charge on any atom is -0.476 e. The summed E-state index contributed by atoms with van der Waals surface area (Å²) in [5, 5.41) is 16.8. The van der Waals surface area contributed by atoms with Gasteiger partial charge in [0.25, 0.3) is 0 Å². The number of carboxylic acid groups (broad SMARTS) is 1. The van der Waals surface area contributed by atoms with Crippen molar-refractivity contribution in [1.82, 2.24) is 15.6 Å². The van der Waals surface area contributed by atoms with E-state index in [4.69, 9.17) is 5.11 Å². The number of carbonyl (C=O) groups is 2. The zero-order valence-corrected chi connectivity index (χ0v) is 11.5. The second kappa shape index (κ2) is 6.12. The highest BCUT2D eigenvalue weighted by atomic mass is 32.1. The first-order chi connectivity index (χ1) is 9.06. The largest absolute Gasteiger partial charge is 0.476 e. The molecule has 1 aliphatic carbocycles. The number of carbonyl (C=O) groups excluding carboxylic acids is 1. The van der Waals surface area contributed by atoms with E-state index >= 15 is 0 Å². The molecule has 1 atom stereocenters. The Morgan fingerprint density at radius 1 is 1.58 bits per heavy atom. The van der Waals surface area contributed by atoms with Crippen molar-refractivity contribution >= 4 is 23.2 Å². The summed E-state index contributed by atoms with van der Waals surface area (Å²) in [6.07, 6.45) is 2.50. The number of aromatic carboxylic acids is 1. The fourth-order valence-corrected chi connectivity index (χ4v) is 2.45. The first kappa shape index (κ1) is 14.0. The van der Waals surface area contributed by atoms with Gasteiger partial charge in [0.1, 0.15) is 5.01 Å². The first-order valence-electron chi connectivity index (χ1n) is 6.25. The minimum atomic E-state index is -1.05. The molecule has 0 bridgehead atoms. The van der Waals surface area contributed by atoms with E-state index in [1.54, 1.807) is 6.92 Å². The minimum absolute atomic E-state index is 0.0213. The highest BCUT2D eigenvalue weighted by Gasteiger charge is 2.21. The zero-order valence-electron chi connectivity index (χ0n) is 10.7. The van der Waals surface area contributed by atoms with Crippen LogP contribution in [0.3, 0.4) is 0 Å². The van der Waals surface area contributed by atoms with Gasteiger partial charge in [-0.2, -0.15) is 0 Å². The molecular formula is C12H17N3O3S. The smallest absolute Gasteiger partial charge is 0.355 e. The number of hydrogen-bond donors (Lipinski definition) is 3. The number of hydrogen-bond acceptors (Lipinski definition) is 5. The molecule has 1 amide bonds. The van der Waals surface area contributed by atoms with Gasteiger partial charge in [-0.05, 0) is 32.2 Å². The van der Waals surface area contributed by atoms with Crippen molar-refractivity contribution in [3.63, 3.8) is 0 Å². The summed E-state index contributed by atoms with van der Waals surface area (Å²) in [4.78, 5) is 26.3. The molecule has 0 spiro atoms. The van der Waals surface area contributed by atoms with Crippen LogP contribution < -0.4 is 10.6 Å². The lowest BCUT2D eigenvalue weighted by molar-refractivity contribution is -0.120. The van der Waals surface area contributed by atoms with Gasteiger partial charge in [-0.15, -0.1) is 11.3 Å². The molecule has 1 fully saturated rings. The Bertz CT molecular complexity index is 471. The van der Waals surface area contributed by atoms with E-state index in [2.05, 4.69) is 15.6 Å². The molecule has 19 heavy (non-hydrogen) atoms. The number of rotatable bonds is 7. The molecule has 1 aromatic heterocycles. The topological polar surface area (TPSA) is 91.3 Å². The lowest BCUT2D eigenvalue weighted by Gasteiger charge is -2.11. The maximum absolute atomic E-state index is 11.7. The third-order valence-electron chi connectivity index (χ3n) is 2.90. The number of carboxylic acids is 1. The van der Waals surface area contributed by atoms with E-state index in [1.807, 2.05) is 0 Å². The maximum Gasteiger partial charge on any atom is 0.355 e. The van der Waals surface area contributed by atoms with Crippen LogP contribution in [0.4, 0.5) is 0 Å². The molecule has 0 saturated heterocycles. The van der Waals surface area contributed by atoms with Gasteiger partial charge in [-0.1, -0.05) is 0 Å². The molecule has 1 aromatic rings. The molecule has 2 rings (SSSR count). The summed E-state index contributed by atoms with van der Waals surface area (Å²) >= 11 is 1.24. The lowest BCUT2D eigenvalue weighted by Crippen LogP contribution is -2.36. The molecule has 7 heteroatoms. The Hall–Kier alpha value is -1.47. The van der Waals surface area contributed by atoms with Gasteiger partial charge in [-0.25, -0.2) is 9.78 Å². The highest BCUT2D eigenvalue weighted by Crippen LogP contribution is 2.27. The van der Waals surface area contributed by atoms with E-state index < -0.39 is 5.97 Å². The van der Waals surface area contributed by atoms with E-state index in [1.165, 1.54) is 29.6 Å². The number of nitrogens with one attached hydrogen (secondary N) is 2. The average molecular weight is 283 g/mol. The summed E-state index contributed by atoms with van der Waals surface area (Å²) in [5.41, 5.74) is 0.0213. The van der Waals surface area contributed by atoms with Crippen molar-refractivity contribution in [2.45, 2.75) is 25.8 Å². The van der Waals surface area contributed by atoms with Gasteiger partial charge in [0.15, 0.2) is 5.69 Å². The van der Waals surface area contributed by atoms with Crippen LogP contribution in [0.15, 0.2) is 5.38 Å². The van der Waals surface area contributed by atoms with Crippen LogP contribution in [0.25, 0.3) is 0 Å². The van der Waals surface area contributed by atoms with E-state index in [9.17, 15) is 9.59 Å². The van der Waals surface area contributed by atoms with Crippen LogP contribution in [-0.4, -0.2) is 35.1 Å². The Morgan fingerprint density at radius 2 is 2.32 bits per heavy atom. The van der Waals surface area contributed by atoms with Crippen molar-refractivity contribution in [2.75, 3.05) is 13.1 Å². The van der Waals surface area contributed by atoms with Gasteiger partial charge in [0.2, 0.25) is 5.91 Å². The monoisotopic (exact) mass is 283 g/mol. The molecular weight excluding hydrogens is 266 g/mol. The Labute approximate surface area is 115 Å². The van der Waals surface area contributed by atoms with Crippen LogP contribution in [-0.2, 0) is 4.79 Å². The van der Waals surface area contributed by atoms with Gasteiger partial charge in [0.05, 0.1) is 12.6 Å². The van der Waals surface area contributed by atoms with Crippen molar-refractivity contribution in [2.24, 2.45) is 5.92 Å². The second-order valence-corrected chi connectivity index (χ2v) is 5.63. The van der Waals surface area contributed by atoms with Crippen LogP contribution in [0.5, 0.6) is 0 Å². The maximum atomic E-state index is 11.7. The SMILES string of the molecule is CC(NC(=O)CNCC1CC1)c1nc(C(=O)O)cs1. The van der Waals surface area contributed by atoms with E-state index in [-0.39, 0.29) is 24.2 Å². The quantitative estimate of drug-likeness (QED) is 0.695. The lowest BCUT2D eigenvalue weighted by atomic mass is 10.3. The van der Waals surface area contributed by atoms with Crippen molar-refractivity contribution in [3.05, 3.63) is 16.1 Å². The molecule has 1 heterocycles. The van der Waals surface area contributed by atoms with Crippen LogP contribution in [0, 0.1) is 5.92 Å². The Balaban J connectivity index is 1.76. The summed E-state index contributed by atoms with van der Waals surface area (Å²) < 4.78 is 0. The number of aromatic nitrogens is 1. The Morgan fingerprint density at radius 3 is 2.89 bits per heavy atom. The molecule has 1 aliphatic rings. The van der Waals surface area contributed by atoms with E-state index in [0.717, 1.165) is 12.5 Å². The second-order valence-electron chi connectivity index (χ2n) is 4.74. The summed E-state index contributed by atoms with van der Waals surface area (Å²) in [5.74, 6) is -0.408. The molecule has 3 N–H and O–H groups in total. The van der Waals surface area contributed by atoms with Crippen molar-refractivity contribution in [1.29, 1.82) is 0 Å². The molecule has 0 radical (unpaired) electrons. The van der Waals surface area contributed by atoms with Crippen LogP contribution in [0.2, 0.25) is 0 Å². The van der Waals surface area contributed by atoms with Gasteiger partial charge >= 0.3 is 5.97 Å². The van der Waals surface area contributed by atoms with E-state index in [0.29, 0.717) is 5.01 Å². The van der Waals surface area contributed by atoms with Gasteiger partial charge in [-0.3, -0.25) is 4.79 Å². The summed E-state index contributed by atoms with van der Waals surface area (Å²) in [6.45, 7) is 2.98. The van der Waals surface area contributed by atoms with Crippen molar-refractivity contribution < 1.29 is 14.7 Å². The number of thiazole rings is 1. The molecule has 0 aromatic carbocycles. The predicted molar refractivity (Wildman–Crippen MR) is 71.2 cm³/mol. The van der Waals surface area contributed by atoms with Crippen LogP contribution in [0.1, 0.15) is 41.3 Å². The molecule has 0 aliphatic heterocycles. The third-order valence-corrected chi connectivity index (χ3v) is 3.93. The van der Waals surface area contributed by atoms with Crippen molar-refractivity contribution in [3.8, 4) is 0 Å². The highest BCUT2D eigenvalue weighted by molar-refractivity contribution is 7.09. The number of nitrogens with zero attached hydrogens (tertiary/aromatic N) is 1.